The number of benzene rings is 4. The standard InChI is InChI=1S/C33H28N4O/c34-33(16-5-17-33)27-13-10-24(11-14-27)31-29(23-7-2-1-3-8-23)20-37-32(35-31)28-19-26(12-15-30(28)36-37)25-9-4-6-22(18-25)21-38/h1-4,6-15,18-20,38H,5,16-17,21,34H2. The number of aromatic nitrogens is 3. The van der Waals surface area contributed by atoms with E-state index in [-0.39, 0.29) is 12.1 Å². The summed E-state index contributed by atoms with van der Waals surface area (Å²) in [4.78, 5) is 5.23. The summed E-state index contributed by atoms with van der Waals surface area (Å²) in [7, 11) is 0. The van der Waals surface area contributed by atoms with Gasteiger partial charge in [-0.3, -0.25) is 0 Å². The minimum absolute atomic E-state index is 0.0179. The molecule has 0 aliphatic heterocycles. The quantitative estimate of drug-likeness (QED) is 0.278. The molecule has 0 saturated heterocycles. The summed E-state index contributed by atoms with van der Waals surface area (Å²) in [5.74, 6) is 0. The third-order valence-electron chi connectivity index (χ3n) is 7.90. The van der Waals surface area contributed by atoms with Crippen LogP contribution in [0, 0.1) is 0 Å². The summed E-state index contributed by atoms with van der Waals surface area (Å²) in [5, 5.41) is 15.5. The Bertz CT molecular complexity index is 1780. The highest BCUT2D eigenvalue weighted by molar-refractivity contribution is 5.97. The number of aliphatic hydroxyl groups excluding tert-OH is 1. The number of fused-ring (bicyclic) bond motifs is 3. The second-order valence-corrected chi connectivity index (χ2v) is 10.3. The molecule has 0 unspecified atom stereocenters. The highest BCUT2D eigenvalue weighted by Crippen LogP contribution is 2.40. The minimum Gasteiger partial charge on any atom is -0.392 e. The van der Waals surface area contributed by atoms with Gasteiger partial charge in [-0.2, -0.15) is 5.10 Å². The molecule has 186 valence electrons. The zero-order valence-electron chi connectivity index (χ0n) is 21.0. The van der Waals surface area contributed by atoms with Crippen LogP contribution in [0.3, 0.4) is 0 Å². The summed E-state index contributed by atoms with van der Waals surface area (Å²) in [5.41, 5.74) is 16.4. The Morgan fingerprint density at radius 1 is 0.789 bits per heavy atom. The average molecular weight is 497 g/mol. The SMILES string of the molecule is NC1(c2ccc(-c3nc4c5cc(-c6cccc(CO)c6)ccc5nn4cc3-c3ccccc3)cc2)CCC1. The van der Waals surface area contributed by atoms with Crippen LogP contribution in [0.5, 0.6) is 0 Å². The second-order valence-electron chi connectivity index (χ2n) is 10.3. The number of aliphatic hydroxyl groups is 1. The summed E-state index contributed by atoms with van der Waals surface area (Å²) in [6.07, 6.45) is 5.35. The normalized spacial score (nSPS) is 14.6. The lowest BCUT2D eigenvalue weighted by molar-refractivity contribution is 0.253. The molecule has 1 aliphatic rings. The lowest BCUT2D eigenvalue weighted by atomic mass is 9.72. The molecule has 3 N–H and O–H groups in total. The number of nitrogens with zero attached hydrogens (tertiary/aromatic N) is 3. The van der Waals surface area contributed by atoms with Gasteiger partial charge in [-0.05, 0) is 65.3 Å². The number of nitrogens with two attached hydrogens (primary N) is 1. The van der Waals surface area contributed by atoms with Crippen molar-refractivity contribution in [2.75, 3.05) is 0 Å². The van der Waals surface area contributed by atoms with Crippen LogP contribution in [-0.2, 0) is 12.1 Å². The Morgan fingerprint density at radius 2 is 1.53 bits per heavy atom. The van der Waals surface area contributed by atoms with Gasteiger partial charge in [0.15, 0.2) is 5.65 Å². The molecule has 5 nitrogen and oxygen atoms in total. The maximum absolute atomic E-state index is 9.60. The molecular weight excluding hydrogens is 468 g/mol. The fraction of sp³-hybridized carbons (Fsp3) is 0.152. The summed E-state index contributed by atoms with van der Waals surface area (Å²) in [6, 6.07) is 33.2. The predicted octanol–water partition coefficient (Wildman–Crippen LogP) is 6.71. The Kier molecular flexibility index (Phi) is 5.36. The van der Waals surface area contributed by atoms with Crippen LogP contribution in [0.25, 0.3) is 50.1 Å². The van der Waals surface area contributed by atoms with Crippen molar-refractivity contribution in [2.24, 2.45) is 5.73 Å². The Labute approximate surface area is 221 Å². The zero-order chi connectivity index (χ0) is 25.7. The van der Waals surface area contributed by atoms with Gasteiger partial charge in [-0.25, -0.2) is 9.50 Å². The second kappa shape index (κ2) is 8.91. The molecule has 0 spiro atoms. The molecule has 0 atom stereocenters. The monoisotopic (exact) mass is 496 g/mol. The van der Waals surface area contributed by atoms with Crippen LogP contribution in [0.15, 0.2) is 103 Å². The summed E-state index contributed by atoms with van der Waals surface area (Å²) < 4.78 is 1.89. The molecule has 0 bridgehead atoms. The number of hydrogen-bond donors (Lipinski definition) is 2. The van der Waals surface area contributed by atoms with Gasteiger partial charge in [-0.1, -0.05) is 78.9 Å². The van der Waals surface area contributed by atoms with E-state index in [1.807, 2.05) is 47.0 Å². The molecule has 5 heteroatoms. The van der Waals surface area contributed by atoms with E-state index in [1.54, 1.807) is 0 Å². The molecule has 4 aromatic carbocycles. The predicted molar refractivity (Wildman–Crippen MR) is 152 cm³/mol. The molecule has 2 heterocycles. The highest BCUT2D eigenvalue weighted by atomic mass is 16.3. The van der Waals surface area contributed by atoms with Gasteiger partial charge in [-0.15, -0.1) is 0 Å². The first-order chi connectivity index (χ1) is 18.6. The smallest absolute Gasteiger partial charge is 0.163 e. The van der Waals surface area contributed by atoms with Crippen molar-refractivity contribution < 1.29 is 5.11 Å². The third kappa shape index (κ3) is 3.79. The number of rotatable bonds is 5. The summed E-state index contributed by atoms with van der Waals surface area (Å²) >= 11 is 0. The van der Waals surface area contributed by atoms with E-state index in [0.29, 0.717) is 0 Å². The van der Waals surface area contributed by atoms with Crippen LogP contribution in [0.1, 0.15) is 30.4 Å². The molecule has 0 amide bonds. The van der Waals surface area contributed by atoms with Crippen molar-refractivity contribution in [2.45, 2.75) is 31.4 Å². The van der Waals surface area contributed by atoms with Crippen molar-refractivity contribution in [1.82, 2.24) is 14.6 Å². The van der Waals surface area contributed by atoms with E-state index in [9.17, 15) is 5.11 Å². The largest absolute Gasteiger partial charge is 0.392 e. The maximum Gasteiger partial charge on any atom is 0.163 e. The van der Waals surface area contributed by atoms with Crippen molar-refractivity contribution in [1.29, 1.82) is 0 Å². The van der Waals surface area contributed by atoms with E-state index < -0.39 is 0 Å². The molecular formula is C33H28N4O. The van der Waals surface area contributed by atoms with Gasteiger partial charge >= 0.3 is 0 Å². The molecule has 1 fully saturated rings. The topological polar surface area (TPSA) is 76.4 Å². The van der Waals surface area contributed by atoms with E-state index >= 15 is 0 Å². The Balaban J connectivity index is 1.41. The van der Waals surface area contributed by atoms with Gasteiger partial charge in [0.1, 0.15) is 0 Å². The molecule has 7 rings (SSSR count). The van der Waals surface area contributed by atoms with Crippen LogP contribution in [0.2, 0.25) is 0 Å². The maximum atomic E-state index is 9.60. The molecule has 1 aliphatic carbocycles. The molecule has 2 aromatic heterocycles. The van der Waals surface area contributed by atoms with Gasteiger partial charge in [0, 0.05) is 28.2 Å². The van der Waals surface area contributed by atoms with Crippen LogP contribution < -0.4 is 5.73 Å². The first kappa shape index (κ1) is 22.8. The lowest BCUT2D eigenvalue weighted by Crippen LogP contribution is -2.43. The van der Waals surface area contributed by atoms with Gasteiger partial charge in [0.25, 0.3) is 0 Å². The van der Waals surface area contributed by atoms with Gasteiger partial charge in [0.2, 0.25) is 0 Å². The first-order valence-electron chi connectivity index (χ1n) is 13.1. The van der Waals surface area contributed by atoms with E-state index in [2.05, 4.69) is 60.8 Å². The number of hydrogen-bond acceptors (Lipinski definition) is 4. The van der Waals surface area contributed by atoms with Gasteiger partial charge in [0.05, 0.1) is 17.8 Å². The van der Waals surface area contributed by atoms with E-state index in [1.165, 1.54) is 12.0 Å². The fourth-order valence-corrected chi connectivity index (χ4v) is 5.52. The molecule has 38 heavy (non-hydrogen) atoms. The third-order valence-corrected chi connectivity index (χ3v) is 7.90. The van der Waals surface area contributed by atoms with Crippen LogP contribution >= 0.6 is 0 Å². The summed E-state index contributed by atoms with van der Waals surface area (Å²) in [6.45, 7) is 0.0179. The van der Waals surface area contributed by atoms with E-state index in [0.717, 1.165) is 68.5 Å². The average Bonchev–Trinajstić information content (AvgIpc) is 3.32. The minimum atomic E-state index is -0.191. The lowest BCUT2D eigenvalue weighted by Gasteiger charge is -2.38. The zero-order valence-corrected chi connectivity index (χ0v) is 21.0. The van der Waals surface area contributed by atoms with Crippen LogP contribution in [-0.4, -0.2) is 19.7 Å². The Morgan fingerprint density at radius 3 is 2.26 bits per heavy atom. The molecule has 1 saturated carbocycles. The van der Waals surface area contributed by atoms with Crippen LogP contribution in [0.4, 0.5) is 0 Å². The van der Waals surface area contributed by atoms with E-state index in [4.69, 9.17) is 15.8 Å². The van der Waals surface area contributed by atoms with Crippen molar-refractivity contribution in [3.05, 3.63) is 114 Å². The molecule has 6 aromatic rings. The van der Waals surface area contributed by atoms with Gasteiger partial charge < -0.3 is 10.8 Å². The highest BCUT2D eigenvalue weighted by Gasteiger charge is 2.34. The Hall–Kier alpha value is -4.32. The van der Waals surface area contributed by atoms with Crippen molar-refractivity contribution >= 4 is 16.6 Å². The van der Waals surface area contributed by atoms with Crippen molar-refractivity contribution in [3.8, 4) is 33.5 Å². The molecule has 0 radical (unpaired) electrons. The fourth-order valence-electron chi connectivity index (χ4n) is 5.52. The van der Waals surface area contributed by atoms with Crippen molar-refractivity contribution in [3.63, 3.8) is 0 Å². The first-order valence-corrected chi connectivity index (χ1v) is 13.1.